The lowest BCUT2D eigenvalue weighted by atomic mass is 10.3. The van der Waals surface area contributed by atoms with Gasteiger partial charge in [-0.15, -0.1) is 10.2 Å². The van der Waals surface area contributed by atoms with Crippen LogP contribution in [0.1, 0.15) is 18.3 Å². The minimum absolute atomic E-state index is 0.380. The Morgan fingerprint density at radius 3 is 2.79 bits per heavy atom. The van der Waals surface area contributed by atoms with E-state index in [0.717, 1.165) is 23.1 Å². The van der Waals surface area contributed by atoms with Gasteiger partial charge in [0.2, 0.25) is 0 Å². The van der Waals surface area contributed by atoms with Crippen LogP contribution in [0.15, 0.2) is 17.4 Å². The molecule has 0 fully saturated rings. The van der Waals surface area contributed by atoms with Gasteiger partial charge in [0.25, 0.3) is 0 Å². The van der Waals surface area contributed by atoms with Crippen LogP contribution in [-0.2, 0) is 18.8 Å². The first kappa shape index (κ1) is 14.6. The molecule has 0 saturated carbocycles. The van der Waals surface area contributed by atoms with Crippen molar-refractivity contribution in [2.24, 2.45) is 5.73 Å². The second-order valence-electron chi connectivity index (χ2n) is 3.73. The SMILES string of the molecule is CCn1c(CN)nnc1SCc1cnc(Cl)cc1Cl. The molecule has 8 heteroatoms. The standard InChI is InChI=1S/C11H13Cl2N5S/c1-2-18-10(4-14)16-17-11(18)19-6-7-5-15-9(13)3-8(7)12/h3,5H,2,4,6,14H2,1H3. The molecular weight excluding hydrogens is 305 g/mol. The minimum atomic E-state index is 0.380. The van der Waals surface area contributed by atoms with Gasteiger partial charge >= 0.3 is 0 Å². The van der Waals surface area contributed by atoms with Gasteiger partial charge in [-0.25, -0.2) is 4.98 Å². The molecule has 102 valence electrons. The third-order valence-corrected chi connectivity index (χ3v) is 4.12. The van der Waals surface area contributed by atoms with Gasteiger partial charge in [0.15, 0.2) is 5.16 Å². The summed E-state index contributed by atoms with van der Waals surface area (Å²) in [7, 11) is 0. The molecule has 2 aromatic heterocycles. The molecule has 0 aliphatic rings. The minimum Gasteiger partial charge on any atom is -0.324 e. The average molecular weight is 318 g/mol. The lowest BCUT2D eigenvalue weighted by molar-refractivity contribution is 0.643. The van der Waals surface area contributed by atoms with E-state index in [9.17, 15) is 0 Å². The zero-order chi connectivity index (χ0) is 13.8. The van der Waals surface area contributed by atoms with Crippen molar-refractivity contribution in [3.63, 3.8) is 0 Å². The monoisotopic (exact) mass is 317 g/mol. The predicted octanol–water partition coefficient (Wildman–Crippen LogP) is 2.75. The normalized spacial score (nSPS) is 10.9. The maximum Gasteiger partial charge on any atom is 0.191 e. The molecule has 0 aliphatic carbocycles. The van der Waals surface area contributed by atoms with Crippen LogP contribution >= 0.6 is 35.0 Å². The summed E-state index contributed by atoms with van der Waals surface area (Å²) in [5, 5.41) is 10.0. The highest BCUT2D eigenvalue weighted by molar-refractivity contribution is 7.98. The summed E-state index contributed by atoms with van der Waals surface area (Å²) >= 11 is 13.4. The fourth-order valence-corrected chi connectivity index (χ4v) is 3.09. The topological polar surface area (TPSA) is 69.6 Å². The molecule has 0 radical (unpaired) electrons. The lowest BCUT2D eigenvalue weighted by Crippen LogP contribution is -2.08. The van der Waals surface area contributed by atoms with Gasteiger partial charge in [-0.05, 0) is 18.6 Å². The molecule has 0 unspecified atom stereocenters. The Morgan fingerprint density at radius 2 is 2.16 bits per heavy atom. The van der Waals surface area contributed by atoms with Gasteiger partial charge in [0, 0.05) is 23.5 Å². The first-order chi connectivity index (χ1) is 9.15. The molecule has 0 amide bonds. The average Bonchev–Trinajstić information content (AvgIpc) is 2.79. The molecule has 2 rings (SSSR count). The van der Waals surface area contributed by atoms with Crippen molar-refractivity contribution in [1.82, 2.24) is 19.7 Å². The summed E-state index contributed by atoms with van der Waals surface area (Å²) in [4.78, 5) is 4.02. The molecule has 0 spiro atoms. The third-order valence-electron chi connectivity index (χ3n) is 2.55. The van der Waals surface area contributed by atoms with Crippen molar-refractivity contribution < 1.29 is 0 Å². The smallest absolute Gasteiger partial charge is 0.191 e. The summed E-state index contributed by atoms with van der Waals surface area (Å²) in [5.74, 6) is 1.44. The Morgan fingerprint density at radius 1 is 1.37 bits per heavy atom. The van der Waals surface area contributed by atoms with Gasteiger partial charge in [-0.3, -0.25) is 0 Å². The van der Waals surface area contributed by atoms with E-state index in [-0.39, 0.29) is 0 Å². The van der Waals surface area contributed by atoms with Crippen LogP contribution in [0.25, 0.3) is 0 Å². The number of pyridine rings is 1. The molecule has 0 aliphatic heterocycles. The first-order valence-electron chi connectivity index (χ1n) is 5.70. The molecule has 0 saturated heterocycles. The number of nitrogens with two attached hydrogens (primary N) is 1. The van der Waals surface area contributed by atoms with Crippen molar-refractivity contribution in [3.8, 4) is 0 Å². The van der Waals surface area contributed by atoms with Crippen LogP contribution in [0, 0.1) is 0 Å². The fraction of sp³-hybridized carbons (Fsp3) is 0.364. The number of nitrogens with zero attached hydrogens (tertiary/aromatic N) is 4. The Labute approximate surface area is 125 Å². The van der Waals surface area contributed by atoms with Crippen LogP contribution in [0.5, 0.6) is 0 Å². The van der Waals surface area contributed by atoms with E-state index >= 15 is 0 Å². The molecule has 2 aromatic rings. The summed E-state index contributed by atoms with van der Waals surface area (Å²) in [6.07, 6.45) is 1.67. The van der Waals surface area contributed by atoms with E-state index in [2.05, 4.69) is 15.2 Å². The lowest BCUT2D eigenvalue weighted by Gasteiger charge is -2.06. The largest absolute Gasteiger partial charge is 0.324 e. The van der Waals surface area contributed by atoms with Crippen LogP contribution in [0.4, 0.5) is 0 Å². The number of rotatable bonds is 5. The van der Waals surface area contributed by atoms with Gasteiger partial charge in [0.1, 0.15) is 11.0 Å². The third kappa shape index (κ3) is 3.39. The van der Waals surface area contributed by atoms with E-state index in [4.69, 9.17) is 28.9 Å². The molecular formula is C11H13Cl2N5S. The molecule has 0 bridgehead atoms. The quantitative estimate of drug-likeness (QED) is 0.678. The second kappa shape index (κ2) is 6.56. The Hall–Kier alpha value is -0.820. The van der Waals surface area contributed by atoms with Crippen molar-refractivity contribution >= 4 is 35.0 Å². The molecule has 2 heterocycles. The maximum absolute atomic E-state index is 6.10. The number of halogens is 2. The van der Waals surface area contributed by atoms with E-state index < -0.39 is 0 Å². The zero-order valence-corrected chi connectivity index (χ0v) is 12.6. The van der Waals surface area contributed by atoms with Gasteiger partial charge in [-0.1, -0.05) is 35.0 Å². The van der Waals surface area contributed by atoms with Crippen molar-refractivity contribution in [2.45, 2.75) is 30.9 Å². The fourth-order valence-electron chi connectivity index (χ4n) is 1.58. The van der Waals surface area contributed by atoms with E-state index in [1.165, 1.54) is 0 Å². The van der Waals surface area contributed by atoms with Crippen LogP contribution < -0.4 is 5.73 Å². The van der Waals surface area contributed by atoms with Gasteiger partial charge < -0.3 is 10.3 Å². The summed E-state index contributed by atoms with van der Waals surface area (Å²) < 4.78 is 1.99. The van der Waals surface area contributed by atoms with Gasteiger partial charge in [0.05, 0.1) is 6.54 Å². The molecule has 0 atom stereocenters. The molecule has 5 nitrogen and oxygen atoms in total. The van der Waals surface area contributed by atoms with Gasteiger partial charge in [-0.2, -0.15) is 0 Å². The van der Waals surface area contributed by atoms with Crippen molar-refractivity contribution in [1.29, 1.82) is 0 Å². The molecule has 19 heavy (non-hydrogen) atoms. The number of hydrogen-bond acceptors (Lipinski definition) is 5. The number of aromatic nitrogens is 4. The Bertz CT molecular complexity index is 572. The Balaban J connectivity index is 2.12. The summed E-state index contributed by atoms with van der Waals surface area (Å²) in [6, 6.07) is 1.63. The van der Waals surface area contributed by atoms with E-state index in [1.54, 1.807) is 24.0 Å². The van der Waals surface area contributed by atoms with Crippen LogP contribution in [-0.4, -0.2) is 19.7 Å². The molecule has 2 N–H and O–H groups in total. The van der Waals surface area contributed by atoms with E-state index in [1.807, 2.05) is 11.5 Å². The predicted molar refractivity (Wildman–Crippen MR) is 77.4 cm³/mol. The Kier molecular flexibility index (Phi) is 5.04. The van der Waals surface area contributed by atoms with Crippen molar-refractivity contribution in [3.05, 3.63) is 33.8 Å². The summed E-state index contributed by atoms with van der Waals surface area (Å²) in [5.41, 5.74) is 6.52. The van der Waals surface area contributed by atoms with E-state index in [0.29, 0.717) is 22.5 Å². The van der Waals surface area contributed by atoms with Crippen LogP contribution in [0.2, 0.25) is 10.2 Å². The highest BCUT2D eigenvalue weighted by atomic mass is 35.5. The second-order valence-corrected chi connectivity index (χ2v) is 5.47. The maximum atomic E-state index is 6.10. The molecule has 0 aromatic carbocycles. The highest BCUT2D eigenvalue weighted by Crippen LogP contribution is 2.26. The zero-order valence-electron chi connectivity index (χ0n) is 10.3. The summed E-state index contributed by atoms with van der Waals surface area (Å²) in [6.45, 7) is 3.20. The van der Waals surface area contributed by atoms with Crippen molar-refractivity contribution in [2.75, 3.05) is 0 Å². The number of hydrogen-bond donors (Lipinski definition) is 1. The first-order valence-corrected chi connectivity index (χ1v) is 7.44. The number of thioether (sulfide) groups is 1. The van der Waals surface area contributed by atoms with Crippen LogP contribution in [0.3, 0.4) is 0 Å². The highest BCUT2D eigenvalue weighted by Gasteiger charge is 2.11.